The van der Waals surface area contributed by atoms with Gasteiger partial charge in [0, 0.05) is 11.3 Å². The molecule has 2 atom stereocenters. The van der Waals surface area contributed by atoms with Crippen molar-refractivity contribution in [1.82, 2.24) is 5.32 Å². The third-order valence-corrected chi connectivity index (χ3v) is 4.04. The maximum atomic E-state index is 9.06. The highest BCUT2D eigenvalue weighted by Gasteiger charge is 2.09. The minimum Gasteiger partial charge on any atom is -0.395 e. The molecule has 0 amide bonds. The van der Waals surface area contributed by atoms with Gasteiger partial charge in [-0.3, -0.25) is 0 Å². The molecule has 0 radical (unpaired) electrons. The molecule has 14 heavy (non-hydrogen) atoms. The highest BCUT2D eigenvalue weighted by Crippen LogP contribution is 2.19. The normalized spacial score (nSPS) is 15.9. The summed E-state index contributed by atoms with van der Waals surface area (Å²) in [4.78, 5) is 0. The van der Waals surface area contributed by atoms with Gasteiger partial charge in [-0.25, -0.2) is 0 Å². The average Bonchev–Trinajstić information content (AvgIpc) is 2.16. The van der Waals surface area contributed by atoms with Gasteiger partial charge in [-0.15, -0.1) is 0 Å². The fourth-order valence-corrected chi connectivity index (χ4v) is 2.31. The Hall–Kier alpha value is 0.270. The zero-order chi connectivity index (χ0) is 11.0. The summed E-state index contributed by atoms with van der Waals surface area (Å²) in [6.45, 7) is 10.1. The molecule has 2 nitrogen and oxygen atoms in total. The van der Waals surface area contributed by atoms with Gasteiger partial charge in [-0.2, -0.15) is 11.8 Å². The van der Waals surface area contributed by atoms with Gasteiger partial charge in [-0.05, 0) is 24.6 Å². The summed E-state index contributed by atoms with van der Waals surface area (Å²) in [5.74, 6) is 1.88. The quantitative estimate of drug-likeness (QED) is 0.656. The second-order valence-electron chi connectivity index (χ2n) is 4.05. The van der Waals surface area contributed by atoms with E-state index in [1.165, 1.54) is 0 Å². The van der Waals surface area contributed by atoms with Crippen LogP contribution < -0.4 is 5.32 Å². The molecule has 0 aliphatic heterocycles. The lowest BCUT2D eigenvalue weighted by molar-refractivity contribution is 0.241. The molecule has 0 saturated heterocycles. The van der Waals surface area contributed by atoms with E-state index in [0.717, 1.165) is 29.9 Å². The van der Waals surface area contributed by atoms with Crippen LogP contribution >= 0.6 is 11.8 Å². The highest BCUT2D eigenvalue weighted by molar-refractivity contribution is 7.99. The maximum absolute atomic E-state index is 9.06. The topological polar surface area (TPSA) is 32.3 Å². The van der Waals surface area contributed by atoms with E-state index in [1.54, 1.807) is 0 Å². The van der Waals surface area contributed by atoms with Crippen molar-refractivity contribution < 1.29 is 5.11 Å². The van der Waals surface area contributed by atoms with Gasteiger partial charge in [0.1, 0.15) is 0 Å². The molecule has 0 aromatic rings. The minimum absolute atomic E-state index is 0.254. The molecule has 0 heterocycles. The number of rotatable bonds is 8. The lowest BCUT2D eigenvalue weighted by Gasteiger charge is -2.18. The molecule has 0 aromatic carbocycles. The van der Waals surface area contributed by atoms with Crippen molar-refractivity contribution in [3.63, 3.8) is 0 Å². The molecule has 0 bridgehead atoms. The molecule has 0 rings (SSSR count). The van der Waals surface area contributed by atoms with E-state index in [-0.39, 0.29) is 12.6 Å². The minimum atomic E-state index is 0.254. The first-order chi connectivity index (χ1) is 6.61. The van der Waals surface area contributed by atoms with Crippen LogP contribution in [0, 0.1) is 5.92 Å². The Morgan fingerprint density at radius 3 is 2.36 bits per heavy atom. The first-order valence-electron chi connectivity index (χ1n) is 5.57. The van der Waals surface area contributed by atoms with Gasteiger partial charge < -0.3 is 10.4 Å². The van der Waals surface area contributed by atoms with Crippen LogP contribution in [-0.2, 0) is 0 Å². The Kier molecular flexibility index (Phi) is 8.73. The van der Waals surface area contributed by atoms with Crippen LogP contribution in [0.5, 0.6) is 0 Å². The molecule has 0 aromatic heterocycles. The fraction of sp³-hybridized carbons (Fsp3) is 1.00. The lowest BCUT2D eigenvalue weighted by atomic mass is 10.2. The summed E-state index contributed by atoms with van der Waals surface area (Å²) in [6, 6.07) is 0.284. The number of aliphatic hydroxyl groups excluding tert-OH is 1. The Labute approximate surface area is 92.9 Å². The van der Waals surface area contributed by atoms with Crippen molar-refractivity contribution in [3.05, 3.63) is 0 Å². The Morgan fingerprint density at radius 2 is 1.93 bits per heavy atom. The standard InChI is InChI=1S/C11H25NOS/c1-5-12-11(8-13)6-7-14-10(4)9(2)3/h9-13H,5-8H2,1-4H3. The van der Waals surface area contributed by atoms with Gasteiger partial charge in [0.25, 0.3) is 0 Å². The van der Waals surface area contributed by atoms with Crippen LogP contribution in [0.3, 0.4) is 0 Å². The third-order valence-electron chi connectivity index (χ3n) is 2.50. The molecule has 0 saturated carbocycles. The molecule has 2 unspecified atom stereocenters. The monoisotopic (exact) mass is 219 g/mol. The van der Waals surface area contributed by atoms with Crippen LogP contribution in [0.1, 0.15) is 34.1 Å². The molecular weight excluding hydrogens is 194 g/mol. The van der Waals surface area contributed by atoms with Gasteiger partial charge in [0.15, 0.2) is 0 Å². The maximum Gasteiger partial charge on any atom is 0.0584 e. The van der Waals surface area contributed by atoms with Crippen molar-refractivity contribution >= 4 is 11.8 Å². The molecule has 0 spiro atoms. The smallest absolute Gasteiger partial charge is 0.0584 e. The summed E-state index contributed by atoms with van der Waals surface area (Å²) in [6.07, 6.45) is 1.06. The van der Waals surface area contributed by atoms with Gasteiger partial charge in [0.2, 0.25) is 0 Å². The zero-order valence-electron chi connectivity index (χ0n) is 9.92. The molecule has 0 aliphatic carbocycles. The Bertz CT molecular complexity index is 130. The van der Waals surface area contributed by atoms with E-state index in [0.29, 0.717) is 0 Å². The third kappa shape index (κ3) is 6.68. The number of nitrogens with one attached hydrogen (secondary N) is 1. The first kappa shape index (κ1) is 14.3. The summed E-state index contributed by atoms with van der Waals surface area (Å²) < 4.78 is 0. The van der Waals surface area contributed by atoms with E-state index in [1.807, 2.05) is 11.8 Å². The highest BCUT2D eigenvalue weighted by atomic mass is 32.2. The van der Waals surface area contributed by atoms with Crippen molar-refractivity contribution in [3.8, 4) is 0 Å². The van der Waals surface area contributed by atoms with Crippen LogP contribution in [-0.4, -0.2) is 35.3 Å². The van der Waals surface area contributed by atoms with Crippen LogP contribution in [0.4, 0.5) is 0 Å². The van der Waals surface area contributed by atoms with Crippen LogP contribution in [0.2, 0.25) is 0 Å². The van der Waals surface area contributed by atoms with E-state index >= 15 is 0 Å². The lowest BCUT2D eigenvalue weighted by Crippen LogP contribution is -2.32. The van der Waals surface area contributed by atoms with E-state index in [9.17, 15) is 0 Å². The van der Waals surface area contributed by atoms with E-state index < -0.39 is 0 Å². The van der Waals surface area contributed by atoms with Crippen molar-refractivity contribution in [1.29, 1.82) is 0 Å². The number of aliphatic hydroxyl groups is 1. The molecule has 0 fully saturated rings. The van der Waals surface area contributed by atoms with Gasteiger partial charge >= 0.3 is 0 Å². The molecule has 86 valence electrons. The molecule has 3 heteroatoms. The largest absolute Gasteiger partial charge is 0.395 e. The molecular formula is C11H25NOS. The zero-order valence-corrected chi connectivity index (χ0v) is 10.7. The second kappa shape index (κ2) is 8.57. The average molecular weight is 219 g/mol. The number of hydrogen-bond acceptors (Lipinski definition) is 3. The predicted octanol–water partition coefficient (Wildman–Crippen LogP) is 2.12. The van der Waals surface area contributed by atoms with Crippen LogP contribution in [0.15, 0.2) is 0 Å². The van der Waals surface area contributed by atoms with Crippen molar-refractivity contribution in [2.75, 3.05) is 18.9 Å². The number of hydrogen-bond donors (Lipinski definition) is 2. The summed E-state index contributed by atoms with van der Waals surface area (Å²) in [7, 11) is 0. The Balaban J connectivity index is 3.50. The number of likely N-dealkylation sites (N-methyl/N-ethyl adjacent to an activating group) is 1. The van der Waals surface area contributed by atoms with Gasteiger partial charge in [-0.1, -0.05) is 27.7 Å². The Morgan fingerprint density at radius 1 is 1.29 bits per heavy atom. The molecule has 0 aliphatic rings. The van der Waals surface area contributed by atoms with Gasteiger partial charge in [0.05, 0.1) is 6.61 Å². The number of thioether (sulfide) groups is 1. The SMILES string of the molecule is CCNC(CO)CCSC(C)C(C)C. The van der Waals surface area contributed by atoms with Crippen molar-refractivity contribution in [2.45, 2.75) is 45.4 Å². The first-order valence-corrected chi connectivity index (χ1v) is 6.62. The van der Waals surface area contributed by atoms with E-state index in [2.05, 4.69) is 33.0 Å². The summed E-state index contributed by atoms with van der Waals surface area (Å²) in [5, 5.41) is 13.1. The summed E-state index contributed by atoms with van der Waals surface area (Å²) >= 11 is 2.00. The molecule has 2 N–H and O–H groups in total. The van der Waals surface area contributed by atoms with Crippen LogP contribution in [0.25, 0.3) is 0 Å². The van der Waals surface area contributed by atoms with Crippen molar-refractivity contribution in [2.24, 2.45) is 5.92 Å². The van der Waals surface area contributed by atoms with E-state index in [4.69, 9.17) is 5.11 Å². The second-order valence-corrected chi connectivity index (χ2v) is 5.53. The predicted molar refractivity (Wildman–Crippen MR) is 65.9 cm³/mol. The summed E-state index contributed by atoms with van der Waals surface area (Å²) in [5.41, 5.74) is 0. The fourth-order valence-electron chi connectivity index (χ4n) is 1.14.